The number of rotatable bonds is 11. The van der Waals surface area contributed by atoms with Crippen LogP contribution in [0.3, 0.4) is 0 Å². The molecule has 8 heteroatoms. The average molecular weight is 421 g/mol. The highest BCUT2D eigenvalue weighted by Crippen LogP contribution is 2.19. The number of carbonyl (C=O) groups is 1. The Morgan fingerprint density at radius 2 is 1.69 bits per heavy atom. The summed E-state index contributed by atoms with van der Waals surface area (Å²) >= 11 is 0. The van der Waals surface area contributed by atoms with E-state index in [1.807, 2.05) is 20.8 Å². The molecular weight excluding hydrogens is 392 g/mol. The number of benzene rings is 2. The molecule has 0 aliphatic heterocycles. The molecule has 0 atom stereocenters. The van der Waals surface area contributed by atoms with Crippen LogP contribution in [0.4, 0.5) is 5.69 Å². The zero-order valence-corrected chi connectivity index (χ0v) is 17.8. The molecule has 0 unspecified atom stereocenters. The van der Waals surface area contributed by atoms with E-state index in [1.165, 1.54) is 12.1 Å². The molecule has 0 aliphatic rings. The number of hydrogen-bond acceptors (Lipinski definition) is 5. The summed E-state index contributed by atoms with van der Waals surface area (Å²) < 4.78 is 38.2. The van der Waals surface area contributed by atoms with Gasteiger partial charge in [0.2, 0.25) is 0 Å². The summed E-state index contributed by atoms with van der Waals surface area (Å²) in [5.74, 6) is 0.396. The van der Waals surface area contributed by atoms with Gasteiger partial charge in [-0.1, -0.05) is 0 Å². The molecule has 0 aromatic heterocycles. The number of nitrogens with one attached hydrogen (secondary N) is 2. The molecule has 0 spiro atoms. The predicted molar refractivity (Wildman–Crippen MR) is 113 cm³/mol. The van der Waals surface area contributed by atoms with Gasteiger partial charge in [-0.05, 0) is 75.7 Å². The van der Waals surface area contributed by atoms with Crippen molar-refractivity contribution in [2.75, 3.05) is 24.5 Å². The van der Waals surface area contributed by atoms with E-state index < -0.39 is 10.0 Å². The summed E-state index contributed by atoms with van der Waals surface area (Å²) in [6, 6.07) is 12.5. The third-order valence-electron chi connectivity index (χ3n) is 3.90. The van der Waals surface area contributed by atoms with E-state index in [-0.39, 0.29) is 16.9 Å². The van der Waals surface area contributed by atoms with Gasteiger partial charge in [-0.25, -0.2) is 8.42 Å². The molecule has 2 rings (SSSR count). The van der Waals surface area contributed by atoms with Crippen molar-refractivity contribution in [2.45, 2.75) is 38.2 Å². The van der Waals surface area contributed by atoms with Gasteiger partial charge in [-0.3, -0.25) is 9.52 Å². The first kappa shape index (κ1) is 22.7. The highest BCUT2D eigenvalue weighted by molar-refractivity contribution is 7.92. The maximum Gasteiger partial charge on any atom is 0.261 e. The zero-order chi connectivity index (χ0) is 21.3. The van der Waals surface area contributed by atoms with Crippen molar-refractivity contribution in [2.24, 2.45) is 0 Å². The fourth-order valence-corrected chi connectivity index (χ4v) is 3.54. The van der Waals surface area contributed by atoms with Crippen molar-refractivity contribution in [3.8, 4) is 5.75 Å². The number of sulfonamides is 1. The molecule has 7 nitrogen and oxygen atoms in total. The average Bonchev–Trinajstić information content (AvgIpc) is 2.68. The monoisotopic (exact) mass is 420 g/mol. The smallest absolute Gasteiger partial charge is 0.261 e. The van der Waals surface area contributed by atoms with Crippen LogP contribution in [-0.4, -0.2) is 40.2 Å². The van der Waals surface area contributed by atoms with Crippen molar-refractivity contribution in [3.63, 3.8) is 0 Å². The normalized spacial score (nSPS) is 11.3. The van der Waals surface area contributed by atoms with E-state index in [0.717, 1.165) is 6.42 Å². The van der Waals surface area contributed by atoms with Crippen molar-refractivity contribution >= 4 is 21.6 Å². The van der Waals surface area contributed by atoms with Gasteiger partial charge in [0, 0.05) is 24.4 Å². The third-order valence-corrected chi connectivity index (χ3v) is 5.30. The van der Waals surface area contributed by atoms with E-state index in [1.54, 1.807) is 36.4 Å². The van der Waals surface area contributed by atoms with Crippen LogP contribution in [-0.2, 0) is 14.8 Å². The summed E-state index contributed by atoms with van der Waals surface area (Å²) in [6.07, 6.45) is 0.897. The van der Waals surface area contributed by atoms with E-state index in [4.69, 9.17) is 9.47 Å². The van der Waals surface area contributed by atoms with Crippen molar-refractivity contribution in [1.82, 2.24) is 5.32 Å². The van der Waals surface area contributed by atoms with Gasteiger partial charge in [-0.2, -0.15) is 0 Å². The van der Waals surface area contributed by atoms with Crippen LogP contribution in [0, 0.1) is 0 Å². The van der Waals surface area contributed by atoms with Gasteiger partial charge in [-0.15, -0.1) is 0 Å². The minimum absolute atomic E-state index is 0.131. The van der Waals surface area contributed by atoms with Gasteiger partial charge in [0.1, 0.15) is 5.75 Å². The number of carbonyl (C=O) groups excluding carboxylic acids is 1. The Balaban J connectivity index is 1.91. The Labute approximate surface area is 172 Å². The first-order chi connectivity index (χ1) is 13.8. The molecule has 0 radical (unpaired) electrons. The molecule has 29 heavy (non-hydrogen) atoms. The molecule has 0 saturated carbocycles. The number of ether oxygens (including phenoxy) is 2. The predicted octanol–water partition coefficient (Wildman–Crippen LogP) is 3.43. The molecule has 2 N–H and O–H groups in total. The van der Waals surface area contributed by atoms with E-state index in [2.05, 4.69) is 10.0 Å². The fourth-order valence-electron chi connectivity index (χ4n) is 2.48. The molecule has 158 valence electrons. The lowest BCUT2D eigenvalue weighted by Crippen LogP contribution is -2.25. The zero-order valence-electron chi connectivity index (χ0n) is 17.0. The second-order valence-corrected chi connectivity index (χ2v) is 8.30. The Hall–Kier alpha value is -2.58. The number of anilines is 1. The second-order valence-electron chi connectivity index (χ2n) is 6.62. The summed E-state index contributed by atoms with van der Waals surface area (Å²) in [5.41, 5.74) is 0.833. The quantitative estimate of drug-likeness (QED) is 0.543. The minimum Gasteiger partial charge on any atom is -0.494 e. The molecular formula is C21H28N2O5S. The van der Waals surface area contributed by atoms with Crippen LogP contribution < -0.4 is 14.8 Å². The maximum atomic E-state index is 12.5. The molecule has 0 heterocycles. The van der Waals surface area contributed by atoms with Gasteiger partial charge in [0.15, 0.2) is 0 Å². The molecule has 2 aromatic carbocycles. The van der Waals surface area contributed by atoms with E-state index in [0.29, 0.717) is 36.8 Å². The van der Waals surface area contributed by atoms with Crippen molar-refractivity contribution < 1.29 is 22.7 Å². The molecule has 0 saturated heterocycles. The molecule has 0 bridgehead atoms. The lowest BCUT2D eigenvalue weighted by Gasteiger charge is -2.10. The highest BCUT2D eigenvalue weighted by Gasteiger charge is 2.14. The highest BCUT2D eigenvalue weighted by atomic mass is 32.2. The van der Waals surface area contributed by atoms with Crippen LogP contribution in [0.25, 0.3) is 0 Å². The van der Waals surface area contributed by atoms with Crippen LogP contribution in [0.2, 0.25) is 0 Å². The maximum absolute atomic E-state index is 12.5. The third kappa shape index (κ3) is 7.40. The van der Waals surface area contributed by atoms with Crippen molar-refractivity contribution in [3.05, 3.63) is 54.1 Å². The lowest BCUT2D eigenvalue weighted by atomic mass is 10.2. The number of hydrogen-bond donors (Lipinski definition) is 2. The first-order valence-electron chi connectivity index (χ1n) is 9.57. The fraction of sp³-hybridized carbons (Fsp3) is 0.381. The Kier molecular flexibility index (Phi) is 8.48. The van der Waals surface area contributed by atoms with Crippen LogP contribution >= 0.6 is 0 Å². The van der Waals surface area contributed by atoms with Gasteiger partial charge in [0.05, 0.1) is 17.6 Å². The topological polar surface area (TPSA) is 93.7 Å². The SMILES string of the molecule is CCOc1ccc(S(=O)(=O)Nc2ccc(C(=O)NCCCOC(C)C)cc2)cc1. The van der Waals surface area contributed by atoms with E-state index >= 15 is 0 Å². The van der Waals surface area contributed by atoms with Crippen LogP contribution in [0.5, 0.6) is 5.75 Å². The first-order valence-corrected chi connectivity index (χ1v) is 11.1. The van der Waals surface area contributed by atoms with Crippen LogP contribution in [0.1, 0.15) is 37.6 Å². The van der Waals surface area contributed by atoms with Gasteiger partial charge < -0.3 is 14.8 Å². The Bertz CT molecular complexity index is 878. The van der Waals surface area contributed by atoms with E-state index in [9.17, 15) is 13.2 Å². The molecule has 0 fully saturated rings. The lowest BCUT2D eigenvalue weighted by molar-refractivity contribution is 0.0757. The molecule has 2 aromatic rings. The molecule has 1 amide bonds. The summed E-state index contributed by atoms with van der Waals surface area (Å²) in [7, 11) is -3.73. The van der Waals surface area contributed by atoms with Gasteiger partial charge in [0.25, 0.3) is 15.9 Å². The van der Waals surface area contributed by atoms with Gasteiger partial charge >= 0.3 is 0 Å². The Morgan fingerprint density at radius 3 is 2.28 bits per heavy atom. The largest absolute Gasteiger partial charge is 0.494 e. The summed E-state index contributed by atoms with van der Waals surface area (Å²) in [5, 5.41) is 2.81. The number of amides is 1. The summed E-state index contributed by atoms with van der Waals surface area (Å²) in [6.45, 7) is 7.39. The summed E-state index contributed by atoms with van der Waals surface area (Å²) in [4.78, 5) is 12.3. The second kappa shape index (κ2) is 10.8. The molecule has 0 aliphatic carbocycles. The van der Waals surface area contributed by atoms with Crippen LogP contribution in [0.15, 0.2) is 53.4 Å². The minimum atomic E-state index is -3.73. The Morgan fingerprint density at radius 1 is 1.03 bits per heavy atom. The standard InChI is InChI=1S/C21H28N2O5S/c1-4-27-19-10-12-20(13-11-19)29(25,26)23-18-8-6-17(7-9-18)21(24)22-14-5-15-28-16(2)3/h6-13,16,23H,4-5,14-15H2,1-3H3,(H,22,24). The van der Waals surface area contributed by atoms with Crippen molar-refractivity contribution in [1.29, 1.82) is 0 Å².